The van der Waals surface area contributed by atoms with Gasteiger partial charge in [-0.05, 0) is 45.9 Å². The molecule has 11 heteroatoms. The van der Waals surface area contributed by atoms with Crippen LogP contribution in [0.3, 0.4) is 0 Å². The Morgan fingerprint density at radius 3 is 2.07 bits per heavy atom. The third-order valence-electron chi connectivity index (χ3n) is 3.15. The lowest BCUT2D eigenvalue weighted by atomic mass is 10.2. The Kier molecular flexibility index (Phi) is 10.5. The summed E-state index contributed by atoms with van der Waals surface area (Å²) >= 11 is 5.63. The van der Waals surface area contributed by atoms with Crippen LogP contribution in [0.2, 0.25) is 0 Å². The summed E-state index contributed by atoms with van der Waals surface area (Å²) in [5.41, 5.74) is 5.95. The van der Waals surface area contributed by atoms with Crippen LogP contribution in [0.15, 0.2) is 39.6 Å². The standard InChI is InChI=1S/C11H20ClNO4S.C7H8O3S/c1-5-18(15,16)9(12)6-8(13)7-10(14)17-11(2,3)4;1-6-2-4-7(5-3-6)11(8,9)10/h6,8H,5,7,13H2,1-4H3;2-5H,1H3,(H,8,9,10)/p-1/b9-6+;/t8-;/m1./s1. The molecule has 0 amide bonds. The van der Waals surface area contributed by atoms with E-state index >= 15 is 0 Å². The minimum Gasteiger partial charge on any atom is -0.744 e. The van der Waals surface area contributed by atoms with Gasteiger partial charge in [-0.1, -0.05) is 36.2 Å². The smallest absolute Gasteiger partial charge is 0.308 e. The summed E-state index contributed by atoms with van der Waals surface area (Å²) in [6.07, 6.45) is 1.04. The van der Waals surface area contributed by atoms with Crippen LogP contribution in [0.25, 0.3) is 0 Å². The van der Waals surface area contributed by atoms with Crippen LogP contribution in [0.4, 0.5) is 0 Å². The van der Waals surface area contributed by atoms with E-state index in [-0.39, 0.29) is 21.4 Å². The number of benzene rings is 1. The van der Waals surface area contributed by atoms with Crippen molar-refractivity contribution >= 4 is 37.5 Å². The first-order chi connectivity index (χ1) is 13.0. The molecule has 0 fully saturated rings. The van der Waals surface area contributed by atoms with E-state index in [4.69, 9.17) is 22.1 Å². The predicted molar refractivity (Wildman–Crippen MR) is 111 cm³/mol. The van der Waals surface area contributed by atoms with Gasteiger partial charge in [0.25, 0.3) is 0 Å². The molecular weight excluding hydrogens is 442 g/mol. The molecule has 0 aliphatic heterocycles. The summed E-state index contributed by atoms with van der Waals surface area (Å²) in [7, 11) is -7.74. The first kappa shape index (κ1) is 27.5. The maximum Gasteiger partial charge on any atom is 0.308 e. The van der Waals surface area contributed by atoms with Gasteiger partial charge in [0.15, 0.2) is 9.84 Å². The van der Waals surface area contributed by atoms with Crippen LogP contribution < -0.4 is 5.73 Å². The number of esters is 1. The number of nitrogens with two attached hydrogens (primary N) is 1. The van der Waals surface area contributed by atoms with E-state index in [2.05, 4.69) is 0 Å². The van der Waals surface area contributed by atoms with Crippen molar-refractivity contribution in [1.82, 2.24) is 0 Å². The highest BCUT2D eigenvalue weighted by atomic mass is 35.5. The molecule has 29 heavy (non-hydrogen) atoms. The molecule has 0 saturated heterocycles. The quantitative estimate of drug-likeness (QED) is 0.495. The maximum atomic E-state index is 11.4. The monoisotopic (exact) mass is 468 g/mol. The number of hydrogen-bond acceptors (Lipinski definition) is 8. The van der Waals surface area contributed by atoms with E-state index in [0.717, 1.165) is 11.6 Å². The second-order valence-corrected chi connectivity index (χ2v) is 11.4. The van der Waals surface area contributed by atoms with Gasteiger partial charge < -0.3 is 15.0 Å². The zero-order valence-corrected chi connectivity index (χ0v) is 19.4. The average molecular weight is 469 g/mol. The van der Waals surface area contributed by atoms with Crippen LogP contribution in [-0.4, -0.2) is 44.8 Å². The Hall–Kier alpha value is -1.46. The van der Waals surface area contributed by atoms with Gasteiger partial charge in [0, 0.05) is 6.04 Å². The largest absolute Gasteiger partial charge is 0.744 e. The molecule has 0 unspecified atom stereocenters. The number of rotatable bonds is 6. The highest BCUT2D eigenvalue weighted by Crippen LogP contribution is 2.15. The van der Waals surface area contributed by atoms with E-state index in [9.17, 15) is 26.2 Å². The fourth-order valence-corrected chi connectivity index (χ4v) is 3.37. The van der Waals surface area contributed by atoms with Crippen molar-refractivity contribution in [2.75, 3.05) is 5.75 Å². The molecule has 0 bridgehead atoms. The summed E-state index contributed by atoms with van der Waals surface area (Å²) in [6, 6.07) is 5.00. The lowest BCUT2D eigenvalue weighted by molar-refractivity contribution is -0.154. The zero-order valence-electron chi connectivity index (χ0n) is 17.0. The van der Waals surface area contributed by atoms with Crippen LogP contribution in [0.1, 0.15) is 39.7 Å². The molecular formula is C18H27ClNO7S2-. The number of carbonyl (C=O) groups is 1. The average Bonchev–Trinajstić information content (AvgIpc) is 2.52. The van der Waals surface area contributed by atoms with Crippen molar-refractivity contribution < 1.29 is 30.9 Å². The van der Waals surface area contributed by atoms with Crippen molar-refractivity contribution in [2.24, 2.45) is 5.73 Å². The Labute approximate surface area is 177 Å². The van der Waals surface area contributed by atoms with Gasteiger partial charge in [-0.3, -0.25) is 4.79 Å². The highest BCUT2D eigenvalue weighted by molar-refractivity contribution is 7.96. The Bertz CT molecular complexity index is 916. The van der Waals surface area contributed by atoms with Crippen molar-refractivity contribution in [3.63, 3.8) is 0 Å². The number of halogens is 1. The first-order valence-electron chi connectivity index (χ1n) is 8.58. The van der Waals surface area contributed by atoms with Gasteiger partial charge in [0.1, 0.15) is 20.1 Å². The Morgan fingerprint density at radius 2 is 1.69 bits per heavy atom. The second kappa shape index (κ2) is 11.1. The van der Waals surface area contributed by atoms with Gasteiger partial charge in [-0.25, -0.2) is 16.8 Å². The molecule has 0 radical (unpaired) electrons. The van der Waals surface area contributed by atoms with Gasteiger partial charge >= 0.3 is 5.97 Å². The SMILES string of the molecule is CCS(=O)(=O)/C(Cl)=C/[C@@H](N)CC(=O)OC(C)(C)C.Cc1ccc(S(=O)(=O)[O-])cc1. The number of ether oxygens (including phenoxy) is 1. The number of carbonyl (C=O) groups excluding carboxylic acids is 1. The second-order valence-electron chi connectivity index (χ2n) is 7.10. The molecule has 1 aromatic rings. The number of sulfone groups is 1. The van der Waals surface area contributed by atoms with Crippen molar-refractivity contribution in [3.8, 4) is 0 Å². The third kappa shape index (κ3) is 12.0. The van der Waals surface area contributed by atoms with E-state index in [1.165, 1.54) is 19.1 Å². The fraction of sp³-hybridized carbons (Fsp3) is 0.500. The van der Waals surface area contributed by atoms with Crippen LogP contribution in [-0.2, 0) is 29.5 Å². The Balaban J connectivity index is 0.000000604. The lowest BCUT2D eigenvalue weighted by Crippen LogP contribution is -2.29. The normalized spacial score (nSPS) is 13.9. The third-order valence-corrected chi connectivity index (χ3v) is 6.33. The predicted octanol–water partition coefficient (Wildman–Crippen LogP) is 2.46. The molecule has 0 aliphatic carbocycles. The van der Waals surface area contributed by atoms with Crippen LogP contribution in [0.5, 0.6) is 0 Å². The van der Waals surface area contributed by atoms with Gasteiger partial charge in [-0.2, -0.15) is 0 Å². The molecule has 166 valence electrons. The summed E-state index contributed by atoms with van der Waals surface area (Å²) < 4.78 is 58.6. The molecule has 1 rings (SSSR count). The number of hydrogen-bond donors (Lipinski definition) is 1. The highest BCUT2D eigenvalue weighted by Gasteiger charge is 2.20. The van der Waals surface area contributed by atoms with Crippen LogP contribution >= 0.6 is 11.6 Å². The summed E-state index contributed by atoms with van der Waals surface area (Å²) in [5.74, 6) is -0.605. The summed E-state index contributed by atoms with van der Waals surface area (Å²) in [5, 5.41) is 0. The van der Waals surface area contributed by atoms with Crippen molar-refractivity contribution in [3.05, 3.63) is 40.3 Å². The lowest BCUT2D eigenvalue weighted by Gasteiger charge is -2.20. The molecule has 0 spiro atoms. The van der Waals surface area contributed by atoms with E-state index in [1.807, 2.05) is 6.92 Å². The zero-order chi connectivity index (χ0) is 23.0. The van der Waals surface area contributed by atoms with Gasteiger partial charge in [0.05, 0.1) is 17.1 Å². The fourth-order valence-electron chi connectivity index (χ4n) is 1.75. The van der Waals surface area contributed by atoms with Gasteiger partial charge in [0.2, 0.25) is 0 Å². The van der Waals surface area contributed by atoms with E-state index in [0.29, 0.717) is 0 Å². The maximum absolute atomic E-state index is 11.4. The summed E-state index contributed by atoms with van der Waals surface area (Å²) in [4.78, 5) is 11.3. The topological polar surface area (TPSA) is 144 Å². The summed E-state index contributed by atoms with van der Waals surface area (Å²) in [6.45, 7) is 8.51. The Morgan fingerprint density at radius 1 is 1.21 bits per heavy atom. The van der Waals surface area contributed by atoms with Gasteiger partial charge in [-0.15, -0.1) is 0 Å². The molecule has 0 aromatic heterocycles. The molecule has 8 nitrogen and oxygen atoms in total. The molecule has 1 aromatic carbocycles. The number of aryl methyl sites for hydroxylation is 1. The van der Waals surface area contributed by atoms with Crippen LogP contribution in [0, 0.1) is 6.92 Å². The van der Waals surface area contributed by atoms with E-state index in [1.54, 1.807) is 32.9 Å². The van der Waals surface area contributed by atoms with Crippen molar-refractivity contribution in [2.45, 2.75) is 57.6 Å². The molecule has 2 N–H and O–H groups in total. The first-order valence-corrected chi connectivity index (χ1v) is 12.0. The molecule has 0 saturated carbocycles. The molecule has 0 aliphatic rings. The molecule has 1 atom stereocenters. The van der Waals surface area contributed by atoms with E-state index < -0.39 is 37.6 Å². The molecule has 0 heterocycles. The minimum absolute atomic E-state index is 0.110. The minimum atomic E-state index is -4.27. The van der Waals surface area contributed by atoms with Crippen molar-refractivity contribution in [1.29, 1.82) is 0 Å².